The summed E-state index contributed by atoms with van der Waals surface area (Å²) in [5.41, 5.74) is 7.39. The summed E-state index contributed by atoms with van der Waals surface area (Å²) < 4.78 is 5.56. The molecule has 7 nitrogen and oxygen atoms in total. The molecule has 2 saturated heterocycles. The number of thioether (sulfide) groups is 1. The fraction of sp³-hybridized carbons (Fsp3) is 0.444. The molecule has 2 aliphatic heterocycles. The van der Waals surface area contributed by atoms with E-state index in [2.05, 4.69) is 15.5 Å². The topological polar surface area (TPSA) is 96.7 Å². The number of anilines is 1. The molecule has 3 rings (SSSR count). The molecule has 0 bridgehead atoms. The summed E-state index contributed by atoms with van der Waals surface area (Å²) in [6, 6.07) is 6.15. The Kier molecular flexibility index (Phi) is 6.18. The van der Waals surface area contributed by atoms with E-state index in [1.54, 1.807) is 13.2 Å². The summed E-state index contributed by atoms with van der Waals surface area (Å²) in [6.07, 6.45) is 3.76. The smallest absolute Gasteiger partial charge is 0.290 e. The quantitative estimate of drug-likeness (QED) is 0.490. The van der Waals surface area contributed by atoms with Gasteiger partial charge in [-0.25, -0.2) is 0 Å². The Balaban J connectivity index is 1.83. The molecule has 4 N–H and O–H groups in total. The molecule has 0 radical (unpaired) electrons. The minimum Gasteiger partial charge on any atom is -0.495 e. The number of ether oxygens (including phenoxy) is 1. The molecule has 2 fully saturated rings. The van der Waals surface area contributed by atoms with Gasteiger partial charge < -0.3 is 20.7 Å². The summed E-state index contributed by atoms with van der Waals surface area (Å²) in [4.78, 5) is 26.0. The zero-order valence-corrected chi connectivity index (χ0v) is 15.6. The number of imide groups is 1. The van der Waals surface area contributed by atoms with Crippen molar-refractivity contribution in [3.05, 3.63) is 28.7 Å². The number of nitrogens with two attached hydrogens (primary N) is 1. The van der Waals surface area contributed by atoms with Crippen LogP contribution < -0.4 is 26.0 Å². The number of hydrogen-bond acceptors (Lipinski definition) is 7. The van der Waals surface area contributed by atoms with Gasteiger partial charge in [0.2, 0.25) is 0 Å². The number of carbonyl (C=O) groups excluding carboxylic acids is 2. The zero-order chi connectivity index (χ0) is 18.5. The molecule has 1 aromatic rings. The van der Waals surface area contributed by atoms with Gasteiger partial charge in [-0.15, -0.1) is 0 Å². The van der Waals surface area contributed by atoms with E-state index >= 15 is 0 Å². The van der Waals surface area contributed by atoms with Crippen LogP contribution in [-0.2, 0) is 4.79 Å². The number of amides is 2. The van der Waals surface area contributed by atoms with Crippen LogP contribution in [0.2, 0.25) is 0 Å². The van der Waals surface area contributed by atoms with Crippen LogP contribution >= 0.6 is 11.8 Å². The lowest BCUT2D eigenvalue weighted by molar-refractivity contribution is -0.115. The first kappa shape index (κ1) is 18.8. The van der Waals surface area contributed by atoms with Gasteiger partial charge in [-0.2, -0.15) is 0 Å². The molecule has 2 aliphatic rings. The van der Waals surface area contributed by atoms with Crippen LogP contribution in [0.3, 0.4) is 0 Å². The lowest BCUT2D eigenvalue weighted by Gasteiger charge is -2.24. The highest BCUT2D eigenvalue weighted by atomic mass is 32.2. The maximum absolute atomic E-state index is 11.9. The second kappa shape index (κ2) is 8.57. The summed E-state index contributed by atoms with van der Waals surface area (Å²) in [5, 5.41) is 5.49. The van der Waals surface area contributed by atoms with Crippen LogP contribution in [0, 0.1) is 0 Å². The van der Waals surface area contributed by atoms with E-state index in [4.69, 9.17) is 10.5 Å². The van der Waals surface area contributed by atoms with Gasteiger partial charge in [0.05, 0.1) is 17.7 Å². The average Bonchev–Trinajstić information content (AvgIpc) is 3.21. The minimum atomic E-state index is -0.350. The SMILES string of the molecule is COc1cccc(C=C2SC(=O)NC2=O)c1N1CC[C@H](NCCCN)C1. The van der Waals surface area contributed by atoms with Gasteiger partial charge in [0.15, 0.2) is 0 Å². The Labute approximate surface area is 157 Å². The molecule has 0 saturated carbocycles. The normalized spacial score (nSPS) is 21.5. The lowest BCUT2D eigenvalue weighted by atomic mass is 10.1. The number of hydrogen-bond donors (Lipinski definition) is 3. The summed E-state index contributed by atoms with van der Waals surface area (Å²) in [5.74, 6) is 0.410. The Hall–Kier alpha value is -2.03. The van der Waals surface area contributed by atoms with Crippen molar-refractivity contribution in [2.24, 2.45) is 5.73 Å². The second-order valence-corrected chi connectivity index (χ2v) is 7.29. The van der Waals surface area contributed by atoms with Crippen LogP contribution in [0.1, 0.15) is 18.4 Å². The maximum atomic E-state index is 11.9. The van der Waals surface area contributed by atoms with Gasteiger partial charge in [-0.05, 0) is 49.8 Å². The zero-order valence-electron chi connectivity index (χ0n) is 14.8. The Morgan fingerprint density at radius 1 is 1.46 bits per heavy atom. The number of benzene rings is 1. The van der Waals surface area contributed by atoms with Crippen molar-refractivity contribution in [2.45, 2.75) is 18.9 Å². The molecule has 1 aromatic carbocycles. The predicted octanol–water partition coefficient (Wildman–Crippen LogP) is 1.54. The van der Waals surface area contributed by atoms with E-state index in [0.29, 0.717) is 17.5 Å². The van der Waals surface area contributed by atoms with E-state index < -0.39 is 0 Å². The predicted molar refractivity (Wildman–Crippen MR) is 104 cm³/mol. The van der Waals surface area contributed by atoms with E-state index in [0.717, 1.165) is 61.2 Å². The monoisotopic (exact) mass is 376 g/mol. The Morgan fingerprint density at radius 2 is 2.31 bits per heavy atom. The highest BCUT2D eigenvalue weighted by Gasteiger charge is 2.28. The number of para-hydroxylation sites is 1. The summed E-state index contributed by atoms with van der Waals surface area (Å²) in [7, 11) is 1.64. The van der Waals surface area contributed by atoms with Crippen molar-refractivity contribution in [2.75, 3.05) is 38.2 Å². The van der Waals surface area contributed by atoms with E-state index in [1.165, 1.54) is 0 Å². The van der Waals surface area contributed by atoms with E-state index in [9.17, 15) is 9.59 Å². The van der Waals surface area contributed by atoms with Crippen LogP contribution in [0.25, 0.3) is 6.08 Å². The maximum Gasteiger partial charge on any atom is 0.290 e. The Morgan fingerprint density at radius 3 is 3.00 bits per heavy atom. The molecular weight excluding hydrogens is 352 g/mol. The first-order valence-corrected chi connectivity index (χ1v) is 9.54. The third-order valence-corrected chi connectivity index (χ3v) is 5.31. The molecule has 140 valence electrons. The fourth-order valence-corrected chi connectivity index (χ4v) is 3.93. The number of methoxy groups -OCH3 is 1. The van der Waals surface area contributed by atoms with Crippen molar-refractivity contribution in [3.63, 3.8) is 0 Å². The minimum absolute atomic E-state index is 0.337. The molecule has 0 aromatic heterocycles. The number of rotatable bonds is 7. The molecule has 1 atom stereocenters. The van der Waals surface area contributed by atoms with Gasteiger partial charge >= 0.3 is 0 Å². The number of carbonyl (C=O) groups is 2. The Bertz CT molecular complexity index is 722. The van der Waals surface area contributed by atoms with Crippen molar-refractivity contribution < 1.29 is 14.3 Å². The summed E-state index contributed by atoms with van der Waals surface area (Å²) >= 11 is 0.925. The van der Waals surface area contributed by atoms with E-state index in [-0.39, 0.29) is 11.1 Å². The fourth-order valence-electron chi connectivity index (χ4n) is 3.26. The second-order valence-electron chi connectivity index (χ2n) is 6.28. The van der Waals surface area contributed by atoms with Gasteiger partial charge in [0.1, 0.15) is 5.75 Å². The van der Waals surface area contributed by atoms with Crippen molar-refractivity contribution in [1.82, 2.24) is 10.6 Å². The standard InChI is InChI=1S/C18H24N4O3S/c1-25-14-5-2-4-12(10-15-17(23)21-18(24)26-15)16(14)22-9-6-13(11-22)20-8-3-7-19/h2,4-5,10,13,20H,3,6-9,11,19H2,1H3,(H,21,23,24)/t13-/m0/s1. The summed E-state index contributed by atoms with van der Waals surface area (Å²) in [6.45, 7) is 3.36. The lowest BCUT2D eigenvalue weighted by Crippen LogP contribution is -2.34. The number of nitrogens with one attached hydrogen (secondary N) is 2. The molecule has 2 heterocycles. The molecule has 8 heteroatoms. The first-order valence-electron chi connectivity index (χ1n) is 8.72. The third-order valence-electron chi connectivity index (χ3n) is 4.50. The molecular formula is C18H24N4O3S. The molecule has 0 spiro atoms. The average molecular weight is 376 g/mol. The highest BCUT2D eigenvalue weighted by Crippen LogP contribution is 2.37. The van der Waals surface area contributed by atoms with Crippen LogP contribution in [-0.4, -0.2) is 50.5 Å². The van der Waals surface area contributed by atoms with Gasteiger partial charge in [0.25, 0.3) is 11.1 Å². The first-order chi connectivity index (χ1) is 12.6. The molecule has 0 unspecified atom stereocenters. The largest absolute Gasteiger partial charge is 0.495 e. The molecule has 0 aliphatic carbocycles. The van der Waals surface area contributed by atoms with E-state index in [1.807, 2.05) is 18.2 Å². The number of nitrogens with zero attached hydrogens (tertiary/aromatic N) is 1. The molecule has 26 heavy (non-hydrogen) atoms. The van der Waals surface area contributed by atoms with Crippen LogP contribution in [0.4, 0.5) is 10.5 Å². The highest BCUT2D eigenvalue weighted by molar-refractivity contribution is 8.18. The van der Waals surface area contributed by atoms with Gasteiger partial charge in [-0.3, -0.25) is 14.9 Å². The van der Waals surface area contributed by atoms with Crippen molar-refractivity contribution in [1.29, 1.82) is 0 Å². The van der Waals surface area contributed by atoms with Gasteiger partial charge in [0, 0.05) is 24.7 Å². The third kappa shape index (κ3) is 4.20. The van der Waals surface area contributed by atoms with Crippen LogP contribution in [0.15, 0.2) is 23.1 Å². The van der Waals surface area contributed by atoms with Crippen LogP contribution in [0.5, 0.6) is 5.75 Å². The van der Waals surface area contributed by atoms with Crippen molar-refractivity contribution >= 4 is 34.7 Å². The van der Waals surface area contributed by atoms with Crippen molar-refractivity contribution in [3.8, 4) is 5.75 Å². The van der Waals surface area contributed by atoms with Gasteiger partial charge in [-0.1, -0.05) is 12.1 Å². The molecule has 2 amide bonds.